The number of ether oxygens (including phenoxy) is 5. The first-order valence-corrected chi connectivity index (χ1v) is 18.7. The highest BCUT2D eigenvalue weighted by atomic mass is 16.6. The van der Waals surface area contributed by atoms with Gasteiger partial charge in [-0.3, -0.25) is 38.4 Å². The number of hydrogen-bond acceptors (Lipinski definition) is 17. The van der Waals surface area contributed by atoms with Crippen LogP contribution in [0.3, 0.4) is 0 Å². The van der Waals surface area contributed by atoms with Gasteiger partial charge >= 0.3 is 29.8 Å². The summed E-state index contributed by atoms with van der Waals surface area (Å²) < 4.78 is 22.5. The second kappa shape index (κ2) is 35.2. The average molecular weight is 849 g/mol. The third-order valence-electron chi connectivity index (χ3n) is 6.85. The predicted octanol–water partition coefficient (Wildman–Crippen LogP) is 2.72. The van der Waals surface area contributed by atoms with E-state index in [9.17, 15) is 43.2 Å². The van der Waals surface area contributed by atoms with Gasteiger partial charge in [0.25, 0.3) is 0 Å². The van der Waals surface area contributed by atoms with Gasteiger partial charge in [0.1, 0.15) is 35.5 Å². The Morgan fingerprint density at radius 3 is 1.39 bits per heavy atom. The molecule has 0 rings (SSSR count). The Morgan fingerprint density at radius 1 is 0.695 bits per heavy atom. The minimum absolute atomic E-state index is 0.00500. The average Bonchev–Trinajstić information content (AvgIpc) is 3.14. The number of methoxy groups -OCH3 is 3. The van der Waals surface area contributed by atoms with Crippen LogP contribution >= 0.6 is 0 Å². The summed E-state index contributed by atoms with van der Waals surface area (Å²) in [5, 5.41) is 17.0. The van der Waals surface area contributed by atoms with E-state index in [1.807, 2.05) is 20.8 Å². The third-order valence-corrected chi connectivity index (χ3v) is 6.85. The van der Waals surface area contributed by atoms with Crippen LogP contribution in [0, 0.1) is 23.7 Å². The van der Waals surface area contributed by atoms with Gasteiger partial charge in [0.15, 0.2) is 0 Å². The fourth-order valence-electron chi connectivity index (χ4n) is 3.39. The van der Waals surface area contributed by atoms with E-state index in [0.29, 0.717) is 0 Å². The lowest BCUT2D eigenvalue weighted by Gasteiger charge is -2.17. The molecule has 0 aromatic carbocycles. The van der Waals surface area contributed by atoms with Crippen LogP contribution in [0.5, 0.6) is 0 Å². The fraction of sp³-hybridized carbons (Fsp3) is 0.683. The maximum atomic E-state index is 11.8. The lowest BCUT2D eigenvalue weighted by atomic mass is 9.97. The Morgan fingerprint density at radius 2 is 1.12 bits per heavy atom. The molecule has 0 saturated carbocycles. The number of likely N-dealkylation sites (N-methyl/N-ethyl adjacent to an activating group) is 1. The summed E-state index contributed by atoms with van der Waals surface area (Å²) in [5.41, 5.74) is 5.09. The molecule has 4 N–H and O–H groups in total. The van der Waals surface area contributed by atoms with E-state index >= 15 is 0 Å². The predicted molar refractivity (Wildman–Crippen MR) is 219 cm³/mol. The van der Waals surface area contributed by atoms with Gasteiger partial charge in [0, 0.05) is 62.1 Å². The van der Waals surface area contributed by atoms with Crippen LogP contribution in [-0.2, 0) is 66.8 Å². The van der Waals surface area contributed by atoms with Gasteiger partial charge in [-0.15, -0.1) is 0 Å². The lowest BCUT2D eigenvalue weighted by molar-refractivity contribution is -0.152. The van der Waals surface area contributed by atoms with Crippen molar-refractivity contribution >= 4 is 53.1 Å². The van der Waals surface area contributed by atoms with Crippen LogP contribution in [-0.4, -0.2) is 135 Å². The van der Waals surface area contributed by atoms with Crippen LogP contribution < -0.4 is 5.73 Å². The van der Waals surface area contributed by atoms with Crippen molar-refractivity contribution in [3.05, 3.63) is 24.3 Å². The SMILES string of the molecule is C=C(CC(=O)C(C)C)C(=O)N(C)CC(=O)OCC.C=C(CC(=O)C(C)C)C(=O)OC.CC(=O)OC(C)(C)C.COC(=O)C(CO)CC(=O)C(C)C.COC(=O)C(N)CO. The molecule has 18 nitrogen and oxygen atoms in total. The molecule has 0 aliphatic rings. The van der Waals surface area contributed by atoms with E-state index in [2.05, 4.69) is 27.4 Å². The molecule has 0 saturated heterocycles. The molecule has 2 unspecified atom stereocenters. The maximum absolute atomic E-state index is 11.8. The number of Topliss-reactive ketones (excluding diaryl/α,β-unsaturated/α-hetero) is 3. The Labute approximate surface area is 350 Å². The first-order valence-electron chi connectivity index (χ1n) is 18.7. The van der Waals surface area contributed by atoms with Gasteiger partial charge in [-0.1, -0.05) is 54.7 Å². The molecular weight excluding hydrogens is 776 g/mol. The number of nitrogens with zero attached hydrogens (tertiary/aromatic N) is 1. The van der Waals surface area contributed by atoms with Gasteiger partial charge in [0.05, 0.1) is 47.1 Å². The van der Waals surface area contributed by atoms with Gasteiger partial charge in [-0.25, -0.2) is 4.79 Å². The molecule has 0 spiro atoms. The second-order valence-electron chi connectivity index (χ2n) is 14.5. The zero-order chi connectivity index (χ0) is 47.8. The van der Waals surface area contributed by atoms with Crippen LogP contribution in [0.2, 0.25) is 0 Å². The Bertz CT molecular complexity index is 1360. The van der Waals surface area contributed by atoms with Crippen molar-refractivity contribution < 1.29 is 77.0 Å². The summed E-state index contributed by atoms with van der Waals surface area (Å²) in [7, 11) is 5.21. The summed E-state index contributed by atoms with van der Waals surface area (Å²) in [6, 6.07) is -0.889. The number of nitrogens with two attached hydrogens (primary N) is 1. The van der Waals surface area contributed by atoms with Crippen molar-refractivity contribution in [1.82, 2.24) is 4.90 Å². The highest BCUT2D eigenvalue weighted by Gasteiger charge is 2.23. The summed E-state index contributed by atoms with van der Waals surface area (Å²) in [5.74, 6) is -3.83. The van der Waals surface area contributed by atoms with Gasteiger partial charge in [0.2, 0.25) is 5.91 Å². The topological polar surface area (TPSA) is 269 Å². The first-order chi connectivity index (χ1) is 26.9. The minimum atomic E-state index is -0.889. The molecule has 0 radical (unpaired) electrons. The third kappa shape index (κ3) is 37.2. The van der Waals surface area contributed by atoms with Crippen LogP contribution in [0.4, 0.5) is 0 Å². The molecular formula is C41H72N2O16. The van der Waals surface area contributed by atoms with E-state index in [1.54, 1.807) is 48.5 Å². The fourth-order valence-corrected chi connectivity index (χ4v) is 3.39. The zero-order valence-electron chi connectivity index (χ0n) is 37.9. The molecule has 0 bridgehead atoms. The number of aliphatic hydroxyl groups is 2. The monoisotopic (exact) mass is 848 g/mol. The van der Waals surface area contributed by atoms with Gasteiger partial charge in [-0.05, 0) is 27.7 Å². The molecule has 2 atom stereocenters. The lowest BCUT2D eigenvalue weighted by Crippen LogP contribution is -2.34. The number of carbonyl (C=O) groups excluding carboxylic acids is 9. The molecule has 0 aliphatic carbocycles. The summed E-state index contributed by atoms with van der Waals surface area (Å²) >= 11 is 0. The Hall–Kier alpha value is -4.81. The first kappa shape index (κ1) is 63.4. The largest absolute Gasteiger partial charge is 0.469 e. The summed E-state index contributed by atoms with van der Waals surface area (Å²) in [6.07, 6.45) is 0.162. The smallest absolute Gasteiger partial charge is 0.333 e. The zero-order valence-corrected chi connectivity index (χ0v) is 37.9. The molecule has 1 amide bonds. The van der Waals surface area contributed by atoms with Crippen molar-refractivity contribution in [3.8, 4) is 0 Å². The minimum Gasteiger partial charge on any atom is -0.469 e. The molecule has 0 fully saturated rings. The number of esters is 5. The van der Waals surface area contributed by atoms with Crippen molar-refractivity contribution in [2.75, 3.05) is 54.7 Å². The number of aliphatic hydroxyl groups excluding tert-OH is 2. The van der Waals surface area contributed by atoms with Crippen molar-refractivity contribution in [1.29, 1.82) is 0 Å². The Balaban J connectivity index is -0.000000213. The van der Waals surface area contributed by atoms with E-state index in [-0.39, 0.29) is 103 Å². The molecule has 0 aliphatic heterocycles. The van der Waals surface area contributed by atoms with E-state index in [0.717, 1.165) is 0 Å². The molecule has 0 aromatic rings. The summed E-state index contributed by atoms with van der Waals surface area (Å²) in [4.78, 5) is 100. The van der Waals surface area contributed by atoms with Crippen molar-refractivity contribution in [3.63, 3.8) is 0 Å². The van der Waals surface area contributed by atoms with Crippen LogP contribution in [0.25, 0.3) is 0 Å². The standard InChI is InChI=1S/C13H21NO4.C9H16O4.C9H14O3.C6H12O2.C4H9NO3/c1-6-18-12(16)8-14(5)13(17)10(4)7-11(15)9(2)3;1-6(2)8(11)4-7(5-10)9(12)13-3;1-6(2)8(10)5-7(3)9(11)12-4;1-5(7)8-6(2,3)4;1-8-4(7)3(5)2-6/h9H,4,6-8H2,1-3,5H3;6-7,10H,4-5H2,1-3H3;6H,3,5H2,1-2,4H3;1-4H3;3,6H,2,5H2,1H3. The summed E-state index contributed by atoms with van der Waals surface area (Å²) in [6.45, 7) is 25.7. The normalized spacial score (nSPS) is 11.1. The maximum Gasteiger partial charge on any atom is 0.333 e. The number of rotatable bonds is 18. The van der Waals surface area contributed by atoms with E-state index in [4.69, 9.17) is 25.4 Å². The number of ketones is 3. The van der Waals surface area contributed by atoms with Gasteiger partial charge < -0.3 is 44.5 Å². The second-order valence-corrected chi connectivity index (χ2v) is 14.5. The van der Waals surface area contributed by atoms with Gasteiger partial charge in [-0.2, -0.15) is 0 Å². The van der Waals surface area contributed by atoms with E-state index in [1.165, 1.54) is 40.2 Å². The quantitative estimate of drug-likeness (QED) is 0.102. The van der Waals surface area contributed by atoms with E-state index < -0.39 is 41.7 Å². The molecule has 342 valence electrons. The van der Waals surface area contributed by atoms with Crippen molar-refractivity contribution in [2.24, 2.45) is 29.4 Å². The molecule has 0 heterocycles. The highest BCUT2D eigenvalue weighted by Crippen LogP contribution is 2.11. The van der Waals surface area contributed by atoms with Crippen LogP contribution in [0.1, 0.15) is 95.4 Å². The number of hydrogen-bond donors (Lipinski definition) is 3. The molecule has 59 heavy (non-hydrogen) atoms. The highest BCUT2D eigenvalue weighted by molar-refractivity contribution is 6.00. The van der Waals surface area contributed by atoms with Crippen molar-refractivity contribution in [2.45, 2.75) is 107 Å². The molecule has 0 aromatic heterocycles. The van der Waals surface area contributed by atoms with Crippen LogP contribution in [0.15, 0.2) is 24.3 Å². The number of amides is 1. The Kier molecular flexibility index (Phi) is 37.8. The molecule has 18 heteroatoms. The number of carbonyl (C=O) groups is 9.